The summed E-state index contributed by atoms with van der Waals surface area (Å²) in [7, 11) is 1.33. The number of hydrogen-bond donors (Lipinski definition) is 0. The number of benzene rings is 1. The maximum absolute atomic E-state index is 12.2. The molecule has 1 fully saturated rings. The number of methoxy groups -OCH3 is 1. The Bertz CT molecular complexity index is 513. The minimum atomic E-state index is -0.336. The SMILES string of the molecule is COC(=O)C1C(C)C1C(=O)c1ccc(Cl)c(Cl)c1. The van der Waals surface area contributed by atoms with Crippen LogP contribution < -0.4 is 0 Å². The first-order valence-electron chi connectivity index (χ1n) is 5.54. The van der Waals surface area contributed by atoms with Crippen molar-refractivity contribution in [1.29, 1.82) is 0 Å². The topological polar surface area (TPSA) is 43.4 Å². The second-order valence-electron chi connectivity index (χ2n) is 4.43. The minimum absolute atomic E-state index is 0.0133. The van der Waals surface area contributed by atoms with Crippen molar-refractivity contribution in [2.24, 2.45) is 17.8 Å². The molecule has 0 saturated heterocycles. The van der Waals surface area contributed by atoms with Gasteiger partial charge in [-0.3, -0.25) is 9.59 Å². The largest absolute Gasteiger partial charge is 0.469 e. The fourth-order valence-electron chi connectivity index (χ4n) is 2.20. The van der Waals surface area contributed by atoms with Crippen LogP contribution in [0.25, 0.3) is 0 Å². The molecule has 1 aliphatic carbocycles. The molecule has 0 aliphatic heterocycles. The van der Waals surface area contributed by atoms with E-state index in [1.807, 2.05) is 6.92 Å². The molecule has 3 unspecified atom stereocenters. The van der Waals surface area contributed by atoms with Crippen LogP contribution in [0.4, 0.5) is 0 Å². The number of ether oxygens (including phenoxy) is 1. The molecule has 3 atom stereocenters. The van der Waals surface area contributed by atoms with Crippen LogP contribution in [-0.4, -0.2) is 18.9 Å². The number of hydrogen-bond acceptors (Lipinski definition) is 3. The second kappa shape index (κ2) is 4.90. The normalized spacial score (nSPS) is 25.7. The van der Waals surface area contributed by atoms with Crippen molar-refractivity contribution in [1.82, 2.24) is 0 Å². The molecule has 1 aromatic carbocycles. The molecule has 96 valence electrons. The Morgan fingerprint density at radius 2 is 1.83 bits per heavy atom. The van der Waals surface area contributed by atoms with E-state index in [2.05, 4.69) is 4.74 Å². The summed E-state index contributed by atoms with van der Waals surface area (Å²) in [6.45, 7) is 1.86. The molecule has 5 heteroatoms. The highest BCUT2D eigenvalue weighted by Gasteiger charge is 2.56. The summed E-state index contributed by atoms with van der Waals surface area (Å²) in [5, 5.41) is 0.743. The molecule has 0 aromatic heterocycles. The maximum Gasteiger partial charge on any atom is 0.309 e. The van der Waals surface area contributed by atoms with E-state index in [0.29, 0.717) is 15.6 Å². The first-order valence-corrected chi connectivity index (χ1v) is 6.30. The number of ketones is 1. The van der Waals surface area contributed by atoms with E-state index < -0.39 is 0 Å². The third kappa shape index (κ3) is 2.25. The van der Waals surface area contributed by atoms with Crippen LogP contribution in [0.5, 0.6) is 0 Å². The lowest BCUT2D eigenvalue weighted by molar-refractivity contribution is -0.142. The third-order valence-electron chi connectivity index (χ3n) is 3.36. The van der Waals surface area contributed by atoms with Gasteiger partial charge in [-0.25, -0.2) is 0 Å². The van der Waals surface area contributed by atoms with Crippen LogP contribution in [0, 0.1) is 17.8 Å². The molecular formula is C13H12Cl2O3. The summed E-state index contributed by atoms with van der Waals surface area (Å²) in [6.07, 6.45) is 0. The standard InChI is InChI=1S/C13H12Cl2O3/c1-6-10(11(6)13(17)18-2)12(16)7-3-4-8(14)9(15)5-7/h3-6,10-11H,1-2H3. The first kappa shape index (κ1) is 13.4. The minimum Gasteiger partial charge on any atom is -0.469 e. The molecule has 1 saturated carbocycles. The number of Topliss-reactive ketones (excluding diaryl/α,β-unsaturated/α-hetero) is 1. The van der Waals surface area contributed by atoms with Gasteiger partial charge in [0.15, 0.2) is 5.78 Å². The average molecular weight is 287 g/mol. The average Bonchev–Trinajstić information content (AvgIpc) is 3.02. The molecule has 3 nitrogen and oxygen atoms in total. The lowest BCUT2D eigenvalue weighted by Gasteiger charge is -2.02. The van der Waals surface area contributed by atoms with Gasteiger partial charge >= 0.3 is 5.97 Å². The molecule has 0 bridgehead atoms. The summed E-state index contributed by atoms with van der Waals surface area (Å²) >= 11 is 11.7. The molecule has 0 N–H and O–H groups in total. The van der Waals surface area contributed by atoms with Gasteiger partial charge in [0, 0.05) is 11.5 Å². The molecule has 0 radical (unpaired) electrons. The number of esters is 1. The fourth-order valence-corrected chi connectivity index (χ4v) is 2.50. The number of rotatable bonds is 3. The van der Waals surface area contributed by atoms with E-state index in [1.54, 1.807) is 12.1 Å². The van der Waals surface area contributed by atoms with Gasteiger partial charge in [0.1, 0.15) is 0 Å². The van der Waals surface area contributed by atoms with E-state index in [4.69, 9.17) is 23.2 Å². The van der Waals surface area contributed by atoms with Crippen molar-refractivity contribution in [2.75, 3.05) is 7.11 Å². The summed E-state index contributed by atoms with van der Waals surface area (Å²) in [6, 6.07) is 4.73. The van der Waals surface area contributed by atoms with Gasteiger partial charge in [-0.05, 0) is 24.1 Å². The number of carbonyl (C=O) groups excluding carboxylic acids is 2. The maximum atomic E-state index is 12.2. The monoisotopic (exact) mass is 286 g/mol. The zero-order chi connectivity index (χ0) is 13.4. The van der Waals surface area contributed by atoms with E-state index in [0.717, 1.165) is 0 Å². The van der Waals surface area contributed by atoms with Gasteiger partial charge in [-0.2, -0.15) is 0 Å². The van der Waals surface area contributed by atoms with Crippen molar-refractivity contribution < 1.29 is 14.3 Å². The molecule has 0 amide bonds. The predicted molar refractivity (Wildman–Crippen MR) is 69.0 cm³/mol. The van der Waals surface area contributed by atoms with Crippen LogP contribution in [0.2, 0.25) is 10.0 Å². The fraction of sp³-hybridized carbons (Fsp3) is 0.385. The van der Waals surface area contributed by atoms with Crippen molar-refractivity contribution in [3.63, 3.8) is 0 Å². The van der Waals surface area contributed by atoms with E-state index in [-0.39, 0.29) is 29.5 Å². The van der Waals surface area contributed by atoms with Crippen molar-refractivity contribution in [2.45, 2.75) is 6.92 Å². The highest BCUT2D eigenvalue weighted by Crippen LogP contribution is 2.48. The molecule has 2 rings (SSSR count). The van der Waals surface area contributed by atoms with Gasteiger partial charge in [0.05, 0.1) is 23.1 Å². The van der Waals surface area contributed by atoms with Crippen molar-refractivity contribution in [3.8, 4) is 0 Å². The molecule has 0 heterocycles. The lowest BCUT2D eigenvalue weighted by Crippen LogP contribution is -2.10. The Balaban J connectivity index is 2.18. The molecular weight excluding hydrogens is 275 g/mol. The summed E-state index contributed by atoms with van der Waals surface area (Å²) in [4.78, 5) is 23.6. The van der Waals surface area contributed by atoms with Crippen LogP contribution >= 0.6 is 23.2 Å². The van der Waals surface area contributed by atoms with Crippen molar-refractivity contribution in [3.05, 3.63) is 33.8 Å². The van der Waals surface area contributed by atoms with E-state index in [1.165, 1.54) is 13.2 Å². The Morgan fingerprint density at radius 1 is 1.17 bits per heavy atom. The lowest BCUT2D eigenvalue weighted by atomic mass is 10.1. The quantitative estimate of drug-likeness (QED) is 0.633. The summed E-state index contributed by atoms with van der Waals surface area (Å²) < 4.78 is 4.67. The molecule has 0 spiro atoms. The van der Waals surface area contributed by atoms with Gasteiger partial charge in [-0.15, -0.1) is 0 Å². The Morgan fingerprint density at radius 3 is 2.39 bits per heavy atom. The Kier molecular flexibility index (Phi) is 3.64. The first-order chi connectivity index (χ1) is 8.47. The van der Waals surface area contributed by atoms with Crippen LogP contribution in [0.3, 0.4) is 0 Å². The Labute approximate surface area is 115 Å². The van der Waals surface area contributed by atoms with Gasteiger partial charge < -0.3 is 4.74 Å². The zero-order valence-electron chi connectivity index (χ0n) is 9.94. The van der Waals surface area contributed by atoms with Gasteiger partial charge in [0.25, 0.3) is 0 Å². The van der Waals surface area contributed by atoms with Gasteiger partial charge in [-0.1, -0.05) is 30.1 Å². The van der Waals surface area contributed by atoms with Crippen LogP contribution in [-0.2, 0) is 9.53 Å². The van der Waals surface area contributed by atoms with Crippen molar-refractivity contribution >= 4 is 35.0 Å². The molecule has 1 aliphatic rings. The number of halogens is 2. The highest BCUT2D eigenvalue weighted by atomic mass is 35.5. The van der Waals surface area contributed by atoms with Crippen LogP contribution in [0.15, 0.2) is 18.2 Å². The van der Waals surface area contributed by atoms with E-state index >= 15 is 0 Å². The zero-order valence-corrected chi connectivity index (χ0v) is 11.5. The second-order valence-corrected chi connectivity index (χ2v) is 5.24. The number of carbonyl (C=O) groups is 2. The molecule has 18 heavy (non-hydrogen) atoms. The summed E-state index contributed by atoms with van der Waals surface area (Å²) in [5.41, 5.74) is 0.479. The van der Waals surface area contributed by atoms with Crippen LogP contribution in [0.1, 0.15) is 17.3 Å². The van der Waals surface area contributed by atoms with E-state index in [9.17, 15) is 9.59 Å². The predicted octanol–water partition coefficient (Wildman–Crippen LogP) is 3.23. The van der Waals surface area contributed by atoms with Gasteiger partial charge in [0.2, 0.25) is 0 Å². The molecule has 1 aromatic rings. The smallest absolute Gasteiger partial charge is 0.309 e. The Hall–Kier alpha value is -1.06. The summed E-state index contributed by atoms with van der Waals surface area (Å²) in [5.74, 6) is -1.05. The highest BCUT2D eigenvalue weighted by molar-refractivity contribution is 6.42. The third-order valence-corrected chi connectivity index (χ3v) is 4.10.